The van der Waals surface area contributed by atoms with Crippen LogP contribution >= 0.6 is 64.0 Å². The minimum atomic E-state index is -2.85. The van der Waals surface area contributed by atoms with Crippen LogP contribution in [-0.4, -0.2) is 13.8 Å². The Morgan fingerprint density at radius 2 is 1.53 bits per heavy atom. The lowest BCUT2D eigenvalue weighted by Crippen LogP contribution is -1.85. The van der Waals surface area contributed by atoms with E-state index in [1.807, 2.05) is 0 Å². The van der Waals surface area contributed by atoms with Gasteiger partial charge < -0.3 is 4.74 Å². The van der Waals surface area contributed by atoms with E-state index in [1.54, 1.807) is 6.66 Å². The fourth-order valence-corrected chi connectivity index (χ4v) is 17.3. The van der Waals surface area contributed by atoms with Crippen molar-refractivity contribution in [3.05, 3.63) is 12.1 Å². The number of methoxy groups -OCH3 is 1. The quantitative estimate of drug-likeness (QED) is 0.404. The summed E-state index contributed by atoms with van der Waals surface area (Å²) in [6.45, 7) is 5.43. The molecule has 0 amide bonds. The van der Waals surface area contributed by atoms with E-state index in [-0.39, 0.29) is 0 Å². The average Bonchev–Trinajstić information content (AvgIpc) is 1.95. The van der Waals surface area contributed by atoms with Crippen molar-refractivity contribution in [2.24, 2.45) is 13.5 Å². The Kier molecular flexibility index (Phi) is 4.41. The molecule has 0 aliphatic carbocycles. The lowest BCUT2D eigenvalue weighted by atomic mass is 11.1. The molecule has 1 atom stereocenters. The molecule has 1 rings (SSSR count). The van der Waals surface area contributed by atoms with Gasteiger partial charge in [-0.15, -0.1) is 0 Å². The van der Waals surface area contributed by atoms with Crippen molar-refractivity contribution < 1.29 is 4.74 Å². The molecule has 0 N–H and O–H groups in total. The molecule has 1 aliphatic heterocycles. The zero-order valence-corrected chi connectivity index (χ0v) is 13.5. The Morgan fingerprint density at radius 3 is 1.93 bits per heavy atom. The summed E-state index contributed by atoms with van der Waals surface area (Å²) in [6, 6.07) is 0. The Bertz CT molecular complexity index is 452. The number of rotatable bonds is 2. The van der Waals surface area contributed by atoms with Gasteiger partial charge >= 0.3 is 0 Å². The maximum atomic E-state index is 5.92. The van der Waals surface area contributed by atoms with Gasteiger partial charge in [0.05, 0.1) is 7.11 Å². The van der Waals surface area contributed by atoms with Crippen molar-refractivity contribution >= 4 is 64.0 Å². The average molecular weight is 349 g/mol. The maximum Gasteiger partial charge on any atom is 0.256 e. The van der Waals surface area contributed by atoms with E-state index in [4.69, 9.17) is 49.7 Å². The zero-order valence-electron chi connectivity index (χ0n) is 7.81. The molecule has 0 aromatic rings. The molecule has 0 fully saturated rings. The standard InChI is InChI=1S/C4H8Cl4N3OP3/c1-4(12-2)13(3)9-14(5,6)11-15(7,8)10-13/h1H2,2-3H3. The molecule has 0 saturated carbocycles. The summed E-state index contributed by atoms with van der Waals surface area (Å²) in [7, 11) is -0.919. The van der Waals surface area contributed by atoms with Crippen molar-refractivity contribution in [3.63, 3.8) is 0 Å². The summed E-state index contributed by atoms with van der Waals surface area (Å²) >= 11 is 23.7. The van der Waals surface area contributed by atoms with Crippen LogP contribution in [0.1, 0.15) is 0 Å². The lowest BCUT2D eigenvalue weighted by molar-refractivity contribution is 0.323. The highest BCUT2D eigenvalue weighted by Gasteiger charge is 2.32. The van der Waals surface area contributed by atoms with Crippen LogP contribution in [0.4, 0.5) is 0 Å². The number of nitrogens with zero attached hydrogens (tertiary/aromatic N) is 3. The predicted octanol–water partition coefficient (Wildman–Crippen LogP) is 6.71. The molecule has 0 aromatic heterocycles. The van der Waals surface area contributed by atoms with Gasteiger partial charge in [-0.05, 0) is 51.6 Å². The number of hydrogen-bond acceptors (Lipinski definition) is 4. The molecule has 4 nitrogen and oxygen atoms in total. The van der Waals surface area contributed by atoms with Gasteiger partial charge in [0.25, 0.3) is 11.8 Å². The Hall–Kier alpha value is 1.39. The van der Waals surface area contributed by atoms with E-state index in [1.165, 1.54) is 7.11 Å². The molecular formula is C4H8Cl4N3OP3. The topological polar surface area (TPSA) is 46.3 Å². The third kappa shape index (κ3) is 3.68. The first kappa shape index (κ1) is 14.5. The van der Waals surface area contributed by atoms with E-state index in [9.17, 15) is 0 Å². The van der Waals surface area contributed by atoms with Crippen LogP contribution in [-0.2, 0) is 4.74 Å². The summed E-state index contributed by atoms with van der Waals surface area (Å²) in [5.41, 5.74) is 0.383. The molecule has 1 aliphatic rings. The maximum absolute atomic E-state index is 5.92. The predicted molar refractivity (Wildman–Crippen MR) is 73.5 cm³/mol. The van der Waals surface area contributed by atoms with Crippen LogP contribution in [0.25, 0.3) is 0 Å². The zero-order chi connectivity index (χ0) is 11.9. The SMILES string of the molecule is C=C(OC)P1(C)=NP(Cl)(Cl)=NP(Cl)(Cl)=N1. The van der Waals surface area contributed by atoms with Gasteiger partial charge in [0.2, 0.25) is 0 Å². The summed E-state index contributed by atoms with van der Waals surface area (Å²) < 4.78 is 17.2. The molecule has 0 radical (unpaired) electrons. The van der Waals surface area contributed by atoms with E-state index in [0.717, 1.165) is 0 Å². The van der Waals surface area contributed by atoms with Crippen LogP contribution in [0.3, 0.4) is 0 Å². The highest BCUT2D eigenvalue weighted by molar-refractivity contribution is 8.21. The second-order valence-corrected chi connectivity index (χ2v) is 15.7. The monoisotopic (exact) mass is 347 g/mol. The number of ether oxygens (including phenoxy) is 1. The summed E-state index contributed by atoms with van der Waals surface area (Å²) in [5, 5.41) is 0. The molecule has 0 saturated heterocycles. The molecule has 1 unspecified atom stereocenters. The molecule has 88 valence electrons. The normalized spacial score (nSPS) is 31.9. The van der Waals surface area contributed by atoms with Gasteiger partial charge in [-0.1, -0.05) is 6.58 Å². The lowest BCUT2D eigenvalue weighted by Gasteiger charge is -2.24. The van der Waals surface area contributed by atoms with Gasteiger partial charge in [-0.3, -0.25) is 0 Å². The first-order valence-corrected chi connectivity index (χ1v) is 12.7. The minimum absolute atomic E-state index is 0.383. The fourth-order valence-electron chi connectivity index (χ4n) is 0.875. The third-order valence-corrected chi connectivity index (χ3v) is 13.7. The van der Waals surface area contributed by atoms with E-state index in [2.05, 4.69) is 20.1 Å². The Morgan fingerprint density at radius 1 is 1.07 bits per heavy atom. The summed E-state index contributed by atoms with van der Waals surface area (Å²) in [6.07, 6.45) is 0. The molecule has 0 aromatic carbocycles. The Labute approximate surface area is 108 Å². The number of hydrogen-bond donors (Lipinski definition) is 0. The van der Waals surface area contributed by atoms with Crippen LogP contribution < -0.4 is 0 Å². The smallest absolute Gasteiger partial charge is 0.256 e. The minimum Gasteiger partial charge on any atom is -0.494 e. The highest BCUT2D eigenvalue weighted by atomic mass is 35.9. The van der Waals surface area contributed by atoms with Gasteiger partial charge in [0.1, 0.15) is 12.7 Å². The number of halogens is 4. The highest BCUT2D eigenvalue weighted by Crippen LogP contribution is 2.85. The van der Waals surface area contributed by atoms with E-state index in [0.29, 0.717) is 5.50 Å². The van der Waals surface area contributed by atoms with Crippen molar-refractivity contribution in [1.29, 1.82) is 0 Å². The summed E-state index contributed by atoms with van der Waals surface area (Å²) in [5.74, 6) is -5.70. The second kappa shape index (κ2) is 4.58. The summed E-state index contributed by atoms with van der Waals surface area (Å²) in [4.78, 5) is 0. The van der Waals surface area contributed by atoms with Crippen molar-refractivity contribution in [3.8, 4) is 0 Å². The fraction of sp³-hybridized carbons (Fsp3) is 0.500. The van der Waals surface area contributed by atoms with E-state index >= 15 is 0 Å². The first-order chi connectivity index (χ1) is 6.60. The van der Waals surface area contributed by atoms with Crippen LogP contribution in [0, 0.1) is 0 Å². The molecule has 1 heterocycles. The van der Waals surface area contributed by atoms with Crippen LogP contribution in [0.5, 0.6) is 0 Å². The van der Waals surface area contributed by atoms with Crippen molar-refractivity contribution in [2.75, 3.05) is 13.8 Å². The molecule has 0 spiro atoms. The van der Waals surface area contributed by atoms with Crippen LogP contribution in [0.15, 0.2) is 25.6 Å². The van der Waals surface area contributed by atoms with E-state index < -0.39 is 19.0 Å². The van der Waals surface area contributed by atoms with Crippen molar-refractivity contribution in [2.45, 2.75) is 0 Å². The van der Waals surface area contributed by atoms with Crippen LogP contribution in [0.2, 0.25) is 0 Å². The largest absolute Gasteiger partial charge is 0.494 e. The second-order valence-electron chi connectivity index (χ2n) is 2.69. The van der Waals surface area contributed by atoms with Gasteiger partial charge in [-0.2, -0.15) is 4.52 Å². The first-order valence-electron chi connectivity index (χ1n) is 3.51. The van der Waals surface area contributed by atoms with Crippen molar-refractivity contribution in [1.82, 2.24) is 0 Å². The molecule has 15 heavy (non-hydrogen) atoms. The molecule has 0 bridgehead atoms. The molecular weight excluding hydrogens is 341 g/mol. The third-order valence-electron chi connectivity index (χ3n) is 1.49. The van der Waals surface area contributed by atoms with Gasteiger partial charge in [-0.25, -0.2) is 9.03 Å². The molecule has 11 heteroatoms. The Balaban J connectivity index is 3.50. The van der Waals surface area contributed by atoms with Gasteiger partial charge in [0.15, 0.2) is 0 Å². The van der Waals surface area contributed by atoms with Gasteiger partial charge in [0, 0.05) is 0 Å².